The second-order valence-corrected chi connectivity index (χ2v) is 17.2. The number of alkyl carbamates (subject to hydrolysis) is 2. The minimum absolute atomic E-state index is 0.00688. The quantitative estimate of drug-likeness (QED) is 0.105. The van der Waals surface area contributed by atoms with Crippen LogP contribution in [0.5, 0.6) is 0 Å². The van der Waals surface area contributed by atoms with Gasteiger partial charge in [0, 0.05) is 31.1 Å². The molecule has 2 aromatic heterocycles. The number of H-pyrrole nitrogens is 2. The van der Waals surface area contributed by atoms with Crippen LogP contribution >= 0.6 is 11.8 Å². The zero-order chi connectivity index (χ0) is 41.2. The summed E-state index contributed by atoms with van der Waals surface area (Å²) in [5, 5.41) is 7.53. The molecule has 0 aliphatic carbocycles. The van der Waals surface area contributed by atoms with E-state index in [1.807, 2.05) is 31.0 Å². The lowest BCUT2D eigenvalue weighted by Gasteiger charge is -2.34. The summed E-state index contributed by atoms with van der Waals surface area (Å²) in [5.41, 5.74) is 5.75. The molecule has 59 heavy (non-hydrogen) atoms. The molecular formula is C44H51N7O7S. The van der Waals surface area contributed by atoms with E-state index in [1.165, 1.54) is 14.2 Å². The SMILES string of the molecule is COC(=O)N[C@H](C(=O)C1CCS[C@@H]1c1nc2ccc3cc(-c4ccc(-c5cnc([C@@H]6CCCN6C(=O)[C@@H](NC(=O)OC)C6CCOCC6)[nH]5)cc4)ccc3c2[nH]1)C(C)C. The number of benzene rings is 3. The second kappa shape index (κ2) is 17.4. The topological polar surface area (TPSA) is 181 Å². The van der Waals surface area contributed by atoms with Gasteiger partial charge in [-0.1, -0.05) is 56.3 Å². The summed E-state index contributed by atoms with van der Waals surface area (Å²) in [6.45, 7) is 5.56. The first-order chi connectivity index (χ1) is 28.6. The molecule has 0 bridgehead atoms. The summed E-state index contributed by atoms with van der Waals surface area (Å²) in [4.78, 5) is 70.7. The number of hydrogen-bond acceptors (Lipinski definition) is 10. The van der Waals surface area contributed by atoms with Crippen molar-refractivity contribution in [3.63, 3.8) is 0 Å². The van der Waals surface area contributed by atoms with Crippen molar-refractivity contribution in [1.82, 2.24) is 35.5 Å². The zero-order valence-electron chi connectivity index (χ0n) is 33.8. The molecule has 3 aromatic carbocycles. The summed E-state index contributed by atoms with van der Waals surface area (Å²) < 4.78 is 15.2. The lowest BCUT2D eigenvalue weighted by Crippen LogP contribution is -2.53. The van der Waals surface area contributed by atoms with Gasteiger partial charge in [-0.15, -0.1) is 11.8 Å². The summed E-state index contributed by atoms with van der Waals surface area (Å²) in [7, 11) is 2.61. The Morgan fingerprint density at radius 3 is 2.34 bits per heavy atom. The number of hydrogen-bond donors (Lipinski definition) is 4. The first kappa shape index (κ1) is 40.4. The molecule has 310 valence electrons. The summed E-state index contributed by atoms with van der Waals surface area (Å²) in [6.07, 6.45) is 4.33. The second-order valence-electron chi connectivity index (χ2n) is 16.0. The number of ether oxygens (including phenoxy) is 3. The summed E-state index contributed by atoms with van der Waals surface area (Å²) in [5.74, 6) is 1.84. The Morgan fingerprint density at radius 1 is 0.864 bits per heavy atom. The number of Topliss-reactive ketones (excluding diaryl/α,β-unsaturated/α-hetero) is 1. The molecule has 3 saturated heterocycles. The molecule has 3 amide bonds. The average molecular weight is 822 g/mol. The van der Waals surface area contributed by atoms with Gasteiger partial charge in [0.1, 0.15) is 17.7 Å². The standard InChI is InChI=1S/C44H51N7O7S/c1-24(2)35(49-43(54)56-3)38(52)31-17-21-59-39(31)41-46-32-14-12-29-22-28(11-13-30(29)37(32)48-41)25-7-9-26(10-8-25)33-23-45-40(47-33)34-6-5-18-51(34)42(53)36(50-44(55)57-4)27-15-19-58-20-16-27/h7-14,22-24,27,31,34-36,39H,5-6,15-21H2,1-4H3,(H,45,47)(H,46,48)(H,49,54)(H,50,55)/t31?,34-,35-,36-,39-/m0/s1. The van der Waals surface area contributed by atoms with Crippen LogP contribution in [0.15, 0.2) is 60.8 Å². The van der Waals surface area contributed by atoms with Gasteiger partial charge in [-0.2, -0.15) is 0 Å². The highest BCUT2D eigenvalue weighted by Crippen LogP contribution is 2.46. The van der Waals surface area contributed by atoms with Gasteiger partial charge in [0.25, 0.3) is 0 Å². The minimum atomic E-state index is -0.685. The highest BCUT2D eigenvalue weighted by Gasteiger charge is 2.42. The molecule has 4 N–H and O–H groups in total. The number of aromatic nitrogens is 4. The van der Waals surface area contributed by atoms with Crippen LogP contribution in [0.3, 0.4) is 0 Å². The van der Waals surface area contributed by atoms with Gasteiger partial charge in [0.05, 0.1) is 54.5 Å². The molecule has 5 atom stereocenters. The number of amides is 3. The Morgan fingerprint density at radius 2 is 1.59 bits per heavy atom. The maximum Gasteiger partial charge on any atom is 0.407 e. The zero-order valence-corrected chi connectivity index (χ0v) is 34.6. The number of thioether (sulfide) groups is 1. The van der Waals surface area contributed by atoms with Crippen molar-refractivity contribution in [2.75, 3.05) is 39.7 Å². The van der Waals surface area contributed by atoms with Crippen molar-refractivity contribution in [2.45, 2.75) is 69.3 Å². The van der Waals surface area contributed by atoms with Gasteiger partial charge in [0.15, 0.2) is 5.78 Å². The molecule has 0 radical (unpaired) electrons. The fourth-order valence-corrected chi connectivity index (χ4v) is 10.3. The molecule has 15 heteroatoms. The maximum absolute atomic E-state index is 14.0. The third-order valence-electron chi connectivity index (χ3n) is 12.1. The number of nitrogens with zero attached hydrogens (tertiary/aromatic N) is 3. The fraction of sp³-hybridized carbons (Fsp3) is 0.455. The summed E-state index contributed by atoms with van der Waals surface area (Å²) >= 11 is 1.72. The largest absolute Gasteiger partial charge is 0.453 e. The highest BCUT2D eigenvalue weighted by molar-refractivity contribution is 7.99. The molecule has 5 heterocycles. The van der Waals surface area contributed by atoms with Crippen molar-refractivity contribution in [1.29, 1.82) is 0 Å². The number of nitrogens with one attached hydrogen (secondary N) is 4. The molecule has 3 aliphatic rings. The fourth-order valence-electron chi connectivity index (χ4n) is 8.88. The summed E-state index contributed by atoms with van der Waals surface area (Å²) in [6, 6.07) is 17.3. The predicted octanol–water partition coefficient (Wildman–Crippen LogP) is 7.33. The van der Waals surface area contributed by atoms with E-state index in [-0.39, 0.29) is 40.7 Å². The number of imidazole rings is 2. The normalized spacial score (nSPS) is 20.8. The number of carbonyl (C=O) groups excluding carboxylic acids is 4. The number of ketones is 1. The number of carbonyl (C=O) groups is 4. The minimum Gasteiger partial charge on any atom is -0.453 e. The van der Waals surface area contributed by atoms with Crippen molar-refractivity contribution in [2.24, 2.45) is 17.8 Å². The third-order valence-corrected chi connectivity index (χ3v) is 13.5. The van der Waals surface area contributed by atoms with E-state index < -0.39 is 24.3 Å². The van der Waals surface area contributed by atoms with Gasteiger partial charge < -0.3 is 39.7 Å². The van der Waals surface area contributed by atoms with Crippen LogP contribution in [0.4, 0.5) is 9.59 Å². The number of rotatable bonds is 11. The first-order valence-corrected chi connectivity index (χ1v) is 21.5. The van der Waals surface area contributed by atoms with Gasteiger partial charge in [0.2, 0.25) is 5.91 Å². The molecule has 1 unspecified atom stereocenters. The maximum atomic E-state index is 14.0. The van der Waals surface area contributed by atoms with E-state index in [0.29, 0.717) is 32.6 Å². The molecule has 14 nitrogen and oxygen atoms in total. The van der Waals surface area contributed by atoms with Crippen LogP contribution < -0.4 is 10.6 Å². The van der Waals surface area contributed by atoms with E-state index in [0.717, 1.165) is 80.9 Å². The average Bonchev–Trinajstić information content (AvgIpc) is 4.10. The molecule has 3 aliphatic heterocycles. The van der Waals surface area contributed by atoms with Crippen LogP contribution in [0, 0.1) is 17.8 Å². The van der Waals surface area contributed by atoms with E-state index in [2.05, 4.69) is 69.1 Å². The van der Waals surface area contributed by atoms with Crippen LogP contribution in [0.1, 0.15) is 68.9 Å². The highest BCUT2D eigenvalue weighted by atomic mass is 32.2. The van der Waals surface area contributed by atoms with Crippen molar-refractivity contribution in [3.05, 3.63) is 72.4 Å². The van der Waals surface area contributed by atoms with Gasteiger partial charge in [-0.3, -0.25) is 9.59 Å². The van der Waals surface area contributed by atoms with Crippen molar-refractivity contribution < 1.29 is 33.4 Å². The molecule has 5 aromatic rings. The van der Waals surface area contributed by atoms with Crippen LogP contribution in [-0.2, 0) is 23.8 Å². The number of methoxy groups -OCH3 is 2. The third kappa shape index (κ3) is 8.27. The molecule has 0 spiro atoms. The molecule has 0 saturated carbocycles. The number of likely N-dealkylation sites (tertiary alicyclic amines) is 1. The Hall–Kier alpha value is -5.41. The molecule has 8 rings (SSSR count). The van der Waals surface area contributed by atoms with E-state index in [1.54, 1.807) is 11.8 Å². The number of fused-ring (bicyclic) bond motifs is 3. The lowest BCUT2D eigenvalue weighted by atomic mass is 9.87. The Balaban J connectivity index is 0.974. The van der Waals surface area contributed by atoms with Crippen LogP contribution in [-0.4, -0.2) is 101 Å². The smallest absolute Gasteiger partial charge is 0.407 e. The monoisotopic (exact) mass is 821 g/mol. The van der Waals surface area contributed by atoms with E-state index in [9.17, 15) is 19.2 Å². The Labute approximate surface area is 346 Å². The van der Waals surface area contributed by atoms with Gasteiger partial charge in [-0.05, 0) is 83.9 Å². The first-order valence-electron chi connectivity index (χ1n) is 20.4. The van der Waals surface area contributed by atoms with E-state index >= 15 is 0 Å². The predicted molar refractivity (Wildman–Crippen MR) is 226 cm³/mol. The van der Waals surface area contributed by atoms with Crippen LogP contribution in [0.2, 0.25) is 0 Å². The number of aromatic amines is 2. The van der Waals surface area contributed by atoms with Crippen LogP contribution in [0.25, 0.3) is 44.2 Å². The van der Waals surface area contributed by atoms with Crippen molar-refractivity contribution >= 4 is 57.4 Å². The van der Waals surface area contributed by atoms with Gasteiger partial charge >= 0.3 is 12.2 Å². The van der Waals surface area contributed by atoms with E-state index in [4.69, 9.17) is 24.2 Å². The molecule has 3 fully saturated rings. The van der Waals surface area contributed by atoms with Crippen molar-refractivity contribution in [3.8, 4) is 22.4 Å². The lowest BCUT2D eigenvalue weighted by molar-refractivity contribution is -0.136. The van der Waals surface area contributed by atoms with Gasteiger partial charge in [-0.25, -0.2) is 19.6 Å². The molecular weight excluding hydrogens is 771 g/mol. The Kier molecular flexibility index (Phi) is 11.9. The Bertz CT molecular complexity index is 2340.